The van der Waals surface area contributed by atoms with E-state index in [2.05, 4.69) is 0 Å². The summed E-state index contributed by atoms with van der Waals surface area (Å²) in [7, 11) is 0. The summed E-state index contributed by atoms with van der Waals surface area (Å²) in [5, 5.41) is 8.55. The lowest BCUT2D eigenvalue weighted by atomic mass is 10.1. The Balaban J connectivity index is 2.54. The summed E-state index contributed by atoms with van der Waals surface area (Å²) < 4.78 is 0. The van der Waals surface area contributed by atoms with E-state index < -0.39 is 5.97 Å². The summed E-state index contributed by atoms with van der Waals surface area (Å²) >= 11 is 0. The fraction of sp³-hybridized carbons (Fsp3) is 0.700. The molecule has 0 spiro atoms. The van der Waals surface area contributed by atoms with Gasteiger partial charge in [0.25, 0.3) is 0 Å². The maximum absolute atomic E-state index is 11.5. The number of imide groups is 1. The van der Waals surface area contributed by atoms with Crippen LogP contribution in [0.15, 0.2) is 0 Å². The van der Waals surface area contributed by atoms with Crippen molar-refractivity contribution in [2.24, 2.45) is 11.8 Å². The number of carboxylic acids is 1. The van der Waals surface area contributed by atoms with Crippen LogP contribution in [0.3, 0.4) is 0 Å². The maximum atomic E-state index is 11.5. The van der Waals surface area contributed by atoms with Gasteiger partial charge in [-0.2, -0.15) is 0 Å². The summed E-state index contributed by atoms with van der Waals surface area (Å²) in [5.41, 5.74) is 0. The number of rotatable bonds is 4. The predicted molar refractivity (Wildman–Crippen MR) is 51.9 cm³/mol. The number of hydrogen-bond acceptors (Lipinski definition) is 3. The Morgan fingerprint density at radius 2 is 2.20 bits per heavy atom. The van der Waals surface area contributed by atoms with Crippen molar-refractivity contribution >= 4 is 17.8 Å². The minimum absolute atomic E-state index is 0.0224. The number of carbonyl (C=O) groups is 3. The highest BCUT2D eigenvalue weighted by atomic mass is 16.4. The second-order valence-electron chi connectivity index (χ2n) is 4.15. The van der Waals surface area contributed by atoms with E-state index in [0.29, 0.717) is 0 Å². The molecule has 5 nitrogen and oxygen atoms in total. The van der Waals surface area contributed by atoms with E-state index in [1.54, 1.807) is 13.8 Å². The maximum Gasteiger partial charge on any atom is 0.303 e. The number of nitrogens with zero attached hydrogens (tertiary/aromatic N) is 1. The third kappa shape index (κ3) is 2.78. The highest BCUT2D eigenvalue weighted by Crippen LogP contribution is 2.20. The van der Waals surface area contributed by atoms with Crippen LogP contribution < -0.4 is 0 Å². The van der Waals surface area contributed by atoms with Crippen LogP contribution in [0.5, 0.6) is 0 Å². The molecule has 0 radical (unpaired) electrons. The Morgan fingerprint density at radius 3 is 2.60 bits per heavy atom. The first-order valence-corrected chi connectivity index (χ1v) is 4.97. The average molecular weight is 213 g/mol. The van der Waals surface area contributed by atoms with Crippen LogP contribution in [0.25, 0.3) is 0 Å². The van der Waals surface area contributed by atoms with Gasteiger partial charge >= 0.3 is 5.97 Å². The molecule has 84 valence electrons. The summed E-state index contributed by atoms with van der Waals surface area (Å²) in [5.74, 6) is -1.73. The number of aliphatic carboxylic acids is 1. The van der Waals surface area contributed by atoms with Crippen LogP contribution in [0.2, 0.25) is 0 Å². The van der Waals surface area contributed by atoms with E-state index in [9.17, 15) is 14.4 Å². The second-order valence-corrected chi connectivity index (χ2v) is 4.15. The lowest BCUT2D eigenvalue weighted by Crippen LogP contribution is -2.34. The molecule has 0 aromatic rings. The molecule has 5 heteroatoms. The third-order valence-electron chi connectivity index (χ3n) is 2.49. The van der Waals surface area contributed by atoms with Crippen LogP contribution in [0.4, 0.5) is 0 Å². The molecule has 0 bridgehead atoms. The molecule has 0 aliphatic carbocycles. The monoisotopic (exact) mass is 213 g/mol. The summed E-state index contributed by atoms with van der Waals surface area (Å²) in [6.45, 7) is 3.65. The van der Waals surface area contributed by atoms with Crippen LogP contribution in [0.1, 0.15) is 26.7 Å². The van der Waals surface area contributed by atoms with Gasteiger partial charge in [-0.1, -0.05) is 13.8 Å². The molecule has 1 heterocycles. The highest BCUT2D eigenvalue weighted by molar-refractivity contribution is 6.03. The van der Waals surface area contributed by atoms with Crippen molar-refractivity contribution < 1.29 is 19.5 Å². The molecule has 0 aromatic carbocycles. The van der Waals surface area contributed by atoms with E-state index in [0.717, 1.165) is 0 Å². The number of amides is 2. The molecule has 2 amide bonds. The van der Waals surface area contributed by atoms with E-state index in [1.165, 1.54) is 4.90 Å². The summed E-state index contributed by atoms with van der Waals surface area (Å²) in [6.07, 6.45) is 0.226. The van der Waals surface area contributed by atoms with Crippen LogP contribution in [-0.4, -0.2) is 34.3 Å². The molecular formula is C10H15NO4. The van der Waals surface area contributed by atoms with Crippen molar-refractivity contribution in [2.75, 3.05) is 6.54 Å². The standard InChI is InChI=1S/C10H15NO4/c1-6(3-9(13)14)5-11-8(12)4-7(2)10(11)15/h6-7H,3-5H2,1-2H3,(H,13,14). The van der Waals surface area contributed by atoms with Gasteiger partial charge in [0.05, 0.1) is 0 Å². The van der Waals surface area contributed by atoms with Gasteiger partial charge in [0.15, 0.2) is 0 Å². The average Bonchev–Trinajstić information content (AvgIpc) is 2.31. The first-order valence-electron chi connectivity index (χ1n) is 4.97. The Labute approximate surface area is 88.1 Å². The summed E-state index contributed by atoms with van der Waals surface area (Å²) in [4.78, 5) is 34.5. The molecule has 0 saturated carbocycles. The first kappa shape index (κ1) is 11.7. The lowest BCUT2D eigenvalue weighted by Gasteiger charge is -2.18. The Hall–Kier alpha value is -1.39. The molecule has 1 fully saturated rings. The fourth-order valence-electron chi connectivity index (χ4n) is 1.71. The molecule has 2 atom stereocenters. The quantitative estimate of drug-likeness (QED) is 0.690. The van der Waals surface area contributed by atoms with Crippen LogP contribution in [-0.2, 0) is 14.4 Å². The summed E-state index contributed by atoms with van der Waals surface area (Å²) in [6, 6.07) is 0. The molecule has 1 N–H and O–H groups in total. The molecule has 1 saturated heterocycles. The molecule has 1 aliphatic rings. The van der Waals surface area contributed by atoms with E-state index >= 15 is 0 Å². The zero-order chi connectivity index (χ0) is 11.6. The third-order valence-corrected chi connectivity index (χ3v) is 2.49. The Bertz CT molecular complexity index is 300. The van der Waals surface area contributed by atoms with Gasteiger partial charge in [-0.15, -0.1) is 0 Å². The van der Waals surface area contributed by atoms with Crippen molar-refractivity contribution in [3.63, 3.8) is 0 Å². The number of likely N-dealkylation sites (tertiary alicyclic amines) is 1. The largest absolute Gasteiger partial charge is 0.481 e. The second kappa shape index (κ2) is 4.42. The van der Waals surface area contributed by atoms with E-state index in [4.69, 9.17) is 5.11 Å². The van der Waals surface area contributed by atoms with Crippen LogP contribution >= 0.6 is 0 Å². The minimum Gasteiger partial charge on any atom is -0.481 e. The zero-order valence-electron chi connectivity index (χ0n) is 8.90. The van der Waals surface area contributed by atoms with Gasteiger partial charge in [-0.25, -0.2) is 0 Å². The Kier molecular flexibility index (Phi) is 3.44. The first-order chi connectivity index (χ1) is 6.91. The van der Waals surface area contributed by atoms with Crippen molar-refractivity contribution in [2.45, 2.75) is 26.7 Å². The lowest BCUT2D eigenvalue weighted by molar-refractivity contribution is -0.143. The molecule has 1 rings (SSSR count). The fourth-order valence-corrected chi connectivity index (χ4v) is 1.71. The molecule has 0 aromatic heterocycles. The number of carboxylic acid groups (broad SMARTS) is 1. The van der Waals surface area contributed by atoms with Crippen molar-refractivity contribution in [1.29, 1.82) is 0 Å². The normalized spacial score (nSPS) is 23.3. The van der Waals surface area contributed by atoms with Gasteiger partial charge < -0.3 is 5.11 Å². The zero-order valence-corrected chi connectivity index (χ0v) is 8.90. The molecule has 15 heavy (non-hydrogen) atoms. The van der Waals surface area contributed by atoms with Gasteiger partial charge in [0.1, 0.15) is 0 Å². The number of hydrogen-bond donors (Lipinski definition) is 1. The minimum atomic E-state index is -0.908. The van der Waals surface area contributed by atoms with Crippen molar-refractivity contribution in [3.8, 4) is 0 Å². The SMILES string of the molecule is CC(CC(=O)O)CN1C(=O)CC(C)C1=O. The van der Waals surface area contributed by atoms with Gasteiger partial charge in [-0.05, 0) is 5.92 Å². The van der Waals surface area contributed by atoms with Gasteiger partial charge in [-0.3, -0.25) is 19.3 Å². The van der Waals surface area contributed by atoms with Gasteiger partial charge in [0.2, 0.25) is 11.8 Å². The predicted octanol–water partition coefficient (Wildman–Crippen LogP) is 0.492. The highest BCUT2D eigenvalue weighted by Gasteiger charge is 2.36. The van der Waals surface area contributed by atoms with Crippen molar-refractivity contribution in [3.05, 3.63) is 0 Å². The molecular weight excluding hydrogens is 198 g/mol. The van der Waals surface area contributed by atoms with Crippen molar-refractivity contribution in [1.82, 2.24) is 4.90 Å². The Morgan fingerprint density at radius 1 is 1.60 bits per heavy atom. The van der Waals surface area contributed by atoms with Gasteiger partial charge in [0, 0.05) is 25.3 Å². The van der Waals surface area contributed by atoms with E-state index in [-0.39, 0.29) is 43.0 Å². The van der Waals surface area contributed by atoms with Crippen LogP contribution in [0, 0.1) is 11.8 Å². The van der Waals surface area contributed by atoms with E-state index in [1.807, 2.05) is 0 Å². The number of carbonyl (C=O) groups excluding carboxylic acids is 2. The molecule has 2 unspecified atom stereocenters. The molecule has 1 aliphatic heterocycles. The topological polar surface area (TPSA) is 74.7 Å². The smallest absolute Gasteiger partial charge is 0.303 e.